The quantitative estimate of drug-likeness (QED) is 0.580. The summed E-state index contributed by atoms with van der Waals surface area (Å²) < 4.78 is 25.9. The first-order chi connectivity index (χ1) is 8.44. The number of hydrogen-bond acceptors (Lipinski definition) is 7. The maximum atomic E-state index is 11.3. The van der Waals surface area contributed by atoms with Crippen molar-refractivity contribution in [1.29, 1.82) is 0 Å². The van der Waals surface area contributed by atoms with Gasteiger partial charge in [-0.2, -0.15) is 0 Å². The maximum Gasteiger partial charge on any atom is 0.378 e. The van der Waals surface area contributed by atoms with Crippen LogP contribution in [-0.2, 0) is 28.5 Å². The van der Waals surface area contributed by atoms with Crippen molar-refractivity contribution < 1.29 is 33.6 Å². The lowest BCUT2D eigenvalue weighted by Crippen LogP contribution is -2.33. The summed E-state index contributed by atoms with van der Waals surface area (Å²) in [6.07, 6.45) is -1.32. The number of cyclic esters (lactones) is 1. The highest BCUT2D eigenvalue weighted by Crippen LogP contribution is 2.32. The molecule has 0 spiro atoms. The van der Waals surface area contributed by atoms with Crippen molar-refractivity contribution in [1.82, 2.24) is 0 Å². The van der Waals surface area contributed by atoms with Crippen molar-refractivity contribution >= 4 is 5.97 Å². The molecule has 0 radical (unpaired) electrons. The molecule has 0 aromatic rings. The Morgan fingerprint density at radius 2 is 2.22 bits per heavy atom. The average molecular weight is 260 g/mol. The topological polar surface area (TPSA) is 83.5 Å². The molecule has 1 saturated heterocycles. The van der Waals surface area contributed by atoms with E-state index in [0.717, 1.165) is 0 Å². The molecule has 7 nitrogen and oxygen atoms in total. The molecule has 0 aliphatic carbocycles. The van der Waals surface area contributed by atoms with Gasteiger partial charge in [0.2, 0.25) is 5.76 Å². The zero-order chi connectivity index (χ0) is 13.3. The fourth-order valence-electron chi connectivity index (χ4n) is 1.84. The highest BCUT2D eigenvalue weighted by molar-refractivity contribution is 5.89. The van der Waals surface area contributed by atoms with Gasteiger partial charge in [-0.05, 0) is 13.8 Å². The summed E-state index contributed by atoms with van der Waals surface area (Å²) in [5.41, 5.74) is 0. The monoisotopic (exact) mass is 260 g/mol. The number of ether oxygens (including phenoxy) is 5. The van der Waals surface area contributed by atoms with E-state index >= 15 is 0 Å². The van der Waals surface area contributed by atoms with E-state index in [-0.39, 0.29) is 19.2 Å². The number of hydrogen-bond donors (Lipinski definition) is 1. The first-order valence-corrected chi connectivity index (χ1v) is 5.52. The molecule has 0 aromatic heterocycles. The summed E-state index contributed by atoms with van der Waals surface area (Å²) >= 11 is 0. The summed E-state index contributed by atoms with van der Waals surface area (Å²) in [5.74, 6) is -2.11. The molecule has 2 aliphatic heterocycles. The molecule has 0 aromatic carbocycles. The second-order valence-electron chi connectivity index (χ2n) is 4.46. The molecule has 1 unspecified atom stereocenters. The third-order valence-corrected chi connectivity index (χ3v) is 2.62. The summed E-state index contributed by atoms with van der Waals surface area (Å²) in [4.78, 5) is 11.3. The Morgan fingerprint density at radius 3 is 2.78 bits per heavy atom. The summed E-state index contributed by atoms with van der Waals surface area (Å²) in [6.45, 7) is 3.66. The standard InChI is InChI=1S/C11H16O7/c1-11(2)16-4-6(18-11)8-9(15-5-14-3)7(12)10(13)17-8/h6,8,12H,4-5H2,1-3H3/t6?,8-/m1/s1. The molecule has 2 rings (SSSR count). The SMILES string of the molecule is COCOC1=C(O)C(=O)O[C@@H]1C1COC(C)(C)O1. The van der Waals surface area contributed by atoms with Crippen molar-refractivity contribution in [3.8, 4) is 0 Å². The molecule has 0 bridgehead atoms. The number of carbonyl (C=O) groups is 1. The van der Waals surface area contributed by atoms with E-state index in [1.165, 1.54) is 7.11 Å². The lowest BCUT2D eigenvalue weighted by molar-refractivity contribution is -0.164. The second kappa shape index (κ2) is 4.75. The van der Waals surface area contributed by atoms with Gasteiger partial charge in [0.1, 0.15) is 6.10 Å². The lowest BCUT2D eigenvalue weighted by Gasteiger charge is -2.21. The van der Waals surface area contributed by atoms with Crippen LogP contribution in [0, 0.1) is 0 Å². The van der Waals surface area contributed by atoms with E-state index in [9.17, 15) is 9.90 Å². The Balaban J connectivity index is 2.11. The molecule has 1 N–H and O–H groups in total. The zero-order valence-electron chi connectivity index (χ0n) is 10.5. The maximum absolute atomic E-state index is 11.3. The summed E-state index contributed by atoms with van der Waals surface area (Å²) in [7, 11) is 1.43. The van der Waals surface area contributed by atoms with Gasteiger partial charge in [-0.1, -0.05) is 0 Å². The minimum atomic E-state index is -0.834. The van der Waals surface area contributed by atoms with Gasteiger partial charge in [0.05, 0.1) is 6.61 Å². The van der Waals surface area contributed by atoms with E-state index in [2.05, 4.69) is 0 Å². The fraction of sp³-hybridized carbons (Fsp3) is 0.727. The van der Waals surface area contributed by atoms with E-state index in [0.29, 0.717) is 0 Å². The van der Waals surface area contributed by atoms with Gasteiger partial charge in [-0.15, -0.1) is 0 Å². The van der Waals surface area contributed by atoms with Crippen LogP contribution in [0.4, 0.5) is 0 Å². The minimum absolute atomic E-state index is 0.0214. The molecule has 1 fully saturated rings. The van der Waals surface area contributed by atoms with Crippen molar-refractivity contribution in [2.45, 2.75) is 31.8 Å². The van der Waals surface area contributed by atoms with Gasteiger partial charge < -0.3 is 28.8 Å². The Labute approximate surface area is 104 Å². The van der Waals surface area contributed by atoms with Gasteiger partial charge in [0, 0.05) is 7.11 Å². The summed E-state index contributed by atoms with van der Waals surface area (Å²) in [6, 6.07) is 0. The van der Waals surface area contributed by atoms with Crippen LogP contribution in [0.2, 0.25) is 0 Å². The van der Waals surface area contributed by atoms with E-state index < -0.39 is 29.7 Å². The van der Waals surface area contributed by atoms with Gasteiger partial charge in [-0.3, -0.25) is 0 Å². The average Bonchev–Trinajstić information content (AvgIpc) is 2.79. The molecular formula is C11H16O7. The van der Waals surface area contributed by atoms with Gasteiger partial charge in [0.25, 0.3) is 0 Å². The highest BCUT2D eigenvalue weighted by atomic mass is 16.8. The Bertz CT molecular complexity index is 374. The highest BCUT2D eigenvalue weighted by Gasteiger charge is 2.47. The predicted molar refractivity (Wildman–Crippen MR) is 57.4 cm³/mol. The van der Waals surface area contributed by atoms with Crippen molar-refractivity contribution in [3.05, 3.63) is 11.5 Å². The van der Waals surface area contributed by atoms with Gasteiger partial charge in [0.15, 0.2) is 24.4 Å². The van der Waals surface area contributed by atoms with Crippen LogP contribution in [0.1, 0.15) is 13.8 Å². The van der Waals surface area contributed by atoms with E-state index in [4.69, 9.17) is 23.7 Å². The van der Waals surface area contributed by atoms with Crippen LogP contribution >= 0.6 is 0 Å². The second-order valence-corrected chi connectivity index (χ2v) is 4.46. The van der Waals surface area contributed by atoms with E-state index in [1.54, 1.807) is 13.8 Å². The van der Waals surface area contributed by atoms with Crippen LogP contribution in [0.25, 0.3) is 0 Å². The van der Waals surface area contributed by atoms with E-state index in [1.807, 2.05) is 0 Å². The number of aliphatic hydroxyl groups excluding tert-OH is 1. The van der Waals surface area contributed by atoms with Crippen LogP contribution in [0.3, 0.4) is 0 Å². The van der Waals surface area contributed by atoms with Crippen molar-refractivity contribution in [2.24, 2.45) is 0 Å². The number of esters is 1. The predicted octanol–water partition coefficient (Wildman–Crippen LogP) is 0.453. The number of aliphatic hydroxyl groups is 1. The smallest absolute Gasteiger partial charge is 0.378 e. The number of rotatable bonds is 4. The number of methoxy groups -OCH3 is 1. The lowest BCUT2D eigenvalue weighted by atomic mass is 10.2. The molecule has 18 heavy (non-hydrogen) atoms. The van der Waals surface area contributed by atoms with Crippen LogP contribution in [0.5, 0.6) is 0 Å². The third kappa shape index (κ3) is 2.43. The molecule has 2 atom stereocenters. The Kier molecular flexibility index (Phi) is 3.47. The van der Waals surface area contributed by atoms with Crippen LogP contribution in [0.15, 0.2) is 11.5 Å². The fourth-order valence-corrected chi connectivity index (χ4v) is 1.84. The van der Waals surface area contributed by atoms with Gasteiger partial charge in [-0.25, -0.2) is 4.79 Å². The zero-order valence-corrected chi connectivity index (χ0v) is 10.5. The van der Waals surface area contributed by atoms with Crippen molar-refractivity contribution in [3.63, 3.8) is 0 Å². The first kappa shape index (κ1) is 13.1. The molecule has 0 saturated carbocycles. The van der Waals surface area contributed by atoms with Crippen molar-refractivity contribution in [2.75, 3.05) is 20.5 Å². The summed E-state index contributed by atoms with van der Waals surface area (Å²) in [5, 5.41) is 9.57. The van der Waals surface area contributed by atoms with Crippen LogP contribution in [-0.4, -0.2) is 49.6 Å². The first-order valence-electron chi connectivity index (χ1n) is 5.52. The molecule has 2 heterocycles. The molecule has 102 valence electrons. The molecule has 0 amide bonds. The largest absolute Gasteiger partial charge is 0.499 e. The van der Waals surface area contributed by atoms with Gasteiger partial charge >= 0.3 is 5.97 Å². The Morgan fingerprint density at radius 1 is 1.50 bits per heavy atom. The minimum Gasteiger partial charge on any atom is -0.499 e. The Hall–Kier alpha value is -1.31. The number of carbonyl (C=O) groups excluding carboxylic acids is 1. The molecular weight excluding hydrogens is 244 g/mol. The molecule has 7 heteroatoms. The third-order valence-electron chi connectivity index (χ3n) is 2.62. The normalized spacial score (nSPS) is 30.7. The van der Waals surface area contributed by atoms with Crippen LogP contribution < -0.4 is 0 Å². The molecule has 2 aliphatic rings.